The van der Waals surface area contributed by atoms with Gasteiger partial charge in [-0.25, -0.2) is 14.8 Å². The predicted molar refractivity (Wildman–Crippen MR) is 181 cm³/mol. The van der Waals surface area contributed by atoms with E-state index >= 15 is 0 Å². The van der Waals surface area contributed by atoms with E-state index in [1.54, 1.807) is 6.07 Å². The van der Waals surface area contributed by atoms with E-state index in [-0.39, 0.29) is 30.7 Å². The fourth-order valence-electron chi connectivity index (χ4n) is 6.58. The molecule has 242 valence electrons. The molecule has 0 aliphatic carbocycles. The number of fused-ring (bicyclic) bond motifs is 1. The fraction of sp³-hybridized carbons (Fsp3) is 0.389. The molecule has 0 radical (unpaired) electrons. The summed E-state index contributed by atoms with van der Waals surface area (Å²) >= 11 is 6.94. The number of nitrogens with zero attached hydrogens (tertiary/aromatic N) is 3. The van der Waals surface area contributed by atoms with E-state index in [1.807, 2.05) is 72.6 Å². The Labute approximate surface area is 275 Å². The summed E-state index contributed by atoms with van der Waals surface area (Å²) in [5.41, 5.74) is 3.03. The van der Waals surface area contributed by atoms with Crippen LogP contribution in [0.25, 0.3) is 22.3 Å². The number of carbonyl (C=O) groups excluding carboxylic acids is 1. The molecule has 4 N–H and O–H groups in total. The van der Waals surface area contributed by atoms with Crippen LogP contribution in [0.1, 0.15) is 72.6 Å². The van der Waals surface area contributed by atoms with Crippen molar-refractivity contribution < 1.29 is 19.8 Å². The lowest BCUT2D eigenvalue weighted by molar-refractivity contribution is -0.0563. The molecule has 5 rings (SSSR count). The first-order valence-corrected chi connectivity index (χ1v) is 16.3. The summed E-state index contributed by atoms with van der Waals surface area (Å²) in [5, 5.41) is 29.0. The number of aromatic nitrogens is 2. The Morgan fingerprint density at radius 3 is 2.54 bits per heavy atom. The molecule has 2 amide bonds. The number of carboxylic acid groups (broad SMARTS) is 1. The number of hydrogen-bond donors (Lipinski definition) is 4. The standard InChI is InChI=1S/C36H42ClN5O4/c1-23(2)32-27-10-4-5-13-30(27)40-33(41-32)31-28(11-6-12-29(31)37)36(46,18-8-19-39-35(44)45)26-9-7-20-42(22-26)34(43)25-16-14-24(15-17-25)21-38-3/h4-6,10-17,23,26,38-39,46H,7-9,18-22H2,1-3H3,(H,44,45)/t26-,36?/m1/s1. The Balaban J connectivity index is 1.56. The maximum absolute atomic E-state index is 13.7. The molecule has 1 fully saturated rings. The van der Waals surface area contributed by atoms with E-state index in [0.29, 0.717) is 66.4 Å². The maximum Gasteiger partial charge on any atom is 0.404 e. The number of benzene rings is 3. The van der Waals surface area contributed by atoms with Crippen molar-refractivity contribution in [3.63, 3.8) is 0 Å². The van der Waals surface area contributed by atoms with Crippen LogP contribution in [0.3, 0.4) is 0 Å². The topological polar surface area (TPSA) is 128 Å². The van der Waals surface area contributed by atoms with Gasteiger partial charge in [0.2, 0.25) is 0 Å². The summed E-state index contributed by atoms with van der Waals surface area (Å²) in [4.78, 5) is 36.7. The average Bonchev–Trinajstić information content (AvgIpc) is 3.06. The molecule has 0 saturated carbocycles. The zero-order valence-corrected chi connectivity index (χ0v) is 27.3. The summed E-state index contributed by atoms with van der Waals surface area (Å²) in [6.45, 7) is 5.97. The number of hydrogen-bond acceptors (Lipinski definition) is 6. The number of piperidine rings is 1. The van der Waals surface area contributed by atoms with Crippen molar-refractivity contribution in [3.8, 4) is 11.4 Å². The molecule has 0 bridgehead atoms. The van der Waals surface area contributed by atoms with Gasteiger partial charge in [-0.1, -0.05) is 67.9 Å². The minimum Gasteiger partial charge on any atom is -0.465 e. The zero-order valence-electron chi connectivity index (χ0n) is 26.6. The smallest absolute Gasteiger partial charge is 0.404 e. The van der Waals surface area contributed by atoms with Crippen LogP contribution in [-0.4, -0.2) is 63.8 Å². The molecule has 46 heavy (non-hydrogen) atoms. The lowest BCUT2D eigenvalue weighted by Gasteiger charge is -2.43. The highest BCUT2D eigenvalue weighted by Crippen LogP contribution is 2.45. The van der Waals surface area contributed by atoms with E-state index in [9.17, 15) is 19.8 Å². The van der Waals surface area contributed by atoms with Gasteiger partial charge < -0.3 is 25.7 Å². The van der Waals surface area contributed by atoms with E-state index in [0.717, 1.165) is 22.2 Å². The number of rotatable bonds is 11. The Hall–Kier alpha value is -4.05. The number of nitrogens with one attached hydrogen (secondary N) is 2. The normalized spacial score (nSPS) is 16.4. The van der Waals surface area contributed by atoms with Crippen molar-refractivity contribution in [2.45, 2.75) is 57.6 Å². The number of para-hydroxylation sites is 1. The largest absolute Gasteiger partial charge is 0.465 e. The van der Waals surface area contributed by atoms with Crippen LogP contribution in [0.4, 0.5) is 4.79 Å². The second kappa shape index (κ2) is 14.6. The molecule has 3 aromatic carbocycles. The van der Waals surface area contributed by atoms with Crippen LogP contribution in [0.2, 0.25) is 5.02 Å². The molecule has 1 aromatic heterocycles. The summed E-state index contributed by atoms with van der Waals surface area (Å²) in [5.74, 6) is 0.112. The molecule has 4 aromatic rings. The van der Waals surface area contributed by atoms with Crippen LogP contribution >= 0.6 is 11.6 Å². The van der Waals surface area contributed by atoms with Crippen molar-refractivity contribution in [1.29, 1.82) is 0 Å². The second-order valence-corrected chi connectivity index (χ2v) is 12.8. The molecule has 1 aliphatic rings. The molecule has 1 aliphatic heterocycles. The van der Waals surface area contributed by atoms with Crippen molar-refractivity contribution >= 4 is 34.5 Å². The van der Waals surface area contributed by atoms with E-state index in [1.165, 1.54) is 0 Å². The zero-order chi connectivity index (χ0) is 32.8. The summed E-state index contributed by atoms with van der Waals surface area (Å²) in [6.07, 6.45) is 0.894. The highest BCUT2D eigenvalue weighted by Gasteiger charge is 2.43. The van der Waals surface area contributed by atoms with Crippen LogP contribution in [0.15, 0.2) is 66.7 Å². The lowest BCUT2D eigenvalue weighted by atomic mass is 9.72. The lowest BCUT2D eigenvalue weighted by Crippen LogP contribution is -2.48. The van der Waals surface area contributed by atoms with Crippen LogP contribution < -0.4 is 10.6 Å². The average molecular weight is 644 g/mol. The monoisotopic (exact) mass is 643 g/mol. The Bertz CT molecular complexity index is 1700. The molecular formula is C36H42ClN5O4. The third kappa shape index (κ3) is 7.17. The molecule has 2 heterocycles. The van der Waals surface area contributed by atoms with Gasteiger partial charge in [-0.3, -0.25) is 4.79 Å². The summed E-state index contributed by atoms with van der Waals surface area (Å²) in [7, 11) is 1.88. The van der Waals surface area contributed by atoms with Gasteiger partial charge in [0.25, 0.3) is 5.91 Å². The molecule has 9 nitrogen and oxygen atoms in total. The van der Waals surface area contributed by atoms with E-state index < -0.39 is 11.7 Å². The number of aliphatic hydroxyl groups is 1. The number of carbonyl (C=O) groups is 2. The van der Waals surface area contributed by atoms with Gasteiger partial charge in [-0.05, 0) is 74.0 Å². The van der Waals surface area contributed by atoms with Gasteiger partial charge in [0.1, 0.15) is 0 Å². The first kappa shape index (κ1) is 33.3. The maximum atomic E-state index is 13.7. The summed E-state index contributed by atoms with van der Waals surface area (Å²) in [6, 6.07) is 20.9. The van der Waals surface area contributed by atoms with Crippen molar-refractivity contribution in [2.24, 2.45) is 5.92 Å². The Kier molecular flexibility index (Phi) is 10.6. The van der Waals surface area contributed by atoms with Crippen LogP contribution in [-0.2, 0) is 12.1 Å². The van der Waals surface area contributed by atoms with Crippen molar-refractivity contribution in [1.82, 2.24) is 25.5 Å². The summed E-state index contributed by atoms with van der Waals surface area (Å²) < 4.78 is 0. The first-order chi connectivity index (χ1) is 22.1. The van der Waals surface area contributed by atoms with E-state index in [4.69, 9.17) is 21.6 Å². The quantitative estimate of drug-likeness (QED) is 0.136. The predicted octanol–water partition coefficient (Wildman–Crippen LogP) is 6.58. The fourth-order valence-corrected chi connectivity index (χ4v) is 6.84. The van der Waals surface area contributed by atoms with Gasteiger partial charge in [-0.15, -0.1) is 0 Å². The molecule has 10 heteroatoms. The number of halogens is 1. The minimum atomic E-state index is -1.46. The number of amides is 2. The SMILES string of the molecule is CNCc1ccc(C(=O)N2CCC[C@@H](C(O)(CCCNC(=O)O)c3cccc(Cl)c3-c3nc(C(C)C)c4ccccc4n3)C2)cc1. The van der Waals surface area contributed by atoms with Gasteiger partial charge in [-0.2, -0.15) is 0 Å². The molecular weight excluding hydrogens is 602 g/mol. The van der Waals surface area contributed by atoms with Gasteiger partial charge in [0.05, 0.1) is 21.8 Å². The van der Waals surface area contributed by atoms with Crippen LogP contribution in [0, 0.1) is 5.92 Å². The molecule has 1 saturated heterocycles. The van der Waals surface area contributed by atoms with Gasteiger partial charge in [0.15, 0.2) is 5.82 Å². The van der Waals surface area contributed by atoms with Crippen molar-refractivity contribution in [3.05, 3.63) is 94.1 Å². The second-order valence-electron chi connectivity index (χ2n) is 12.3. The Morgan fingerprint density at radius 2 is 1.83 bits per heavy atom. The third-order valence-electron chi connectivity index (χ3n) is 8.86. The minimum absolute atomic E-state index is 0.0821. The van der Waals surface area contributed by atoms with Crippen LogP contribution in [0.5, 0.6) is 0 Å². The highest BCUT2D eigenvalue weighted by atomic mass is 35.5. The first-order valence-electron chi connectivity index (χ1n) is 15.9. The van der Waals surface area contributed by atoms with E-state index in [2.05, 4.69) is 24.5 Å². The highest BCUT2D eigenvalue weighted by molar-refractivity contribution is 6.33. The Morgan fingerprint density at radius 1 is 1.07 bits per heavy atom. The third-order valence-corrected chi connectivity index (χ3v) is 9.17. The van der Waals surface area contributed by atoms with Crippen molar-refractivity contribution in [2.75, 3.05) is 26.7 Å². The number of likely N-dealkylation sites (tertiary alicyclic amines) is 1. The molecule has 2 atom stereocenters. The van der Waals surface area contributed by atoms with Gasteiger partial charge in [0, 0.05) is 48.6 Å². The molecule has 1 unspecified atom stereocenters. The van der Waals surface area contributed by atoms with Gasteiger partial charge >= 0.3 is 6.09 Å². The molecule has 0 spiro atoms.